The first-order valence-corrected chi connectivity index (χ1v) is 11.7. The van der Waals surface area contributed by atoms with Crippen molar-refractivity contribution in [3.05, 3.63) is 0 Å². The fourth-order valence-corrected chi connectivity index (χ4v) is 3.15. The summed E-state index contributed by atoms with van der Waals surface area (Å²) >= 11 is 0. The number of hydrogen-bond acceptors (Lipinski definition) is 4. The molecule has 0 aromatic carbocycles. The lowest BCUT2D eigenvalue weighted by Crippen LogP contribution is -2.52. The summed E-state index contributed by atoms with van der Waals surface area (Å²) in [5.41, 5.74) is 0. The summed E-state index contributed by atoms with van der Waals surface area (Å²) in [4.78, 5) is 34.9. The molecule has 1 atom stereocenters. The molecule has 188 valence electrons. The minimum atomic E-state index is -1.27. The van der Waals surface area contributed by atoms with Crippen LogP contribution in [0, 0.1) is 77.5 Å². The van der Waals surface area contributed by atoms with Gasteiger partial charge in [0, 0.05) is 0 Å². The van der Waals surface area contributed by atoms with Gasteiger partial charge in [0.05, 0.1) is 32.5 Å². The third-order valence-electron chi connectivity index (χ3n) is 5.09. The van der Waals surface area contributed by atoms with Crippen LogP contribution in [0.15, 0.2) is 0 Å². The number of carbonyl (C=O) groups is 3. The maximum Gasteiger partial charge on any atom is 0.319 e. The highest BCUT2D eigenvalue weighted by molar-refractivity contribution is 5.81. The van der Waals surface area contributed by atoms with Crippen molar-refractivity contribution >= 4 is 17.9 Å². The van der Waals surface area contributed by atoms with Gasteiger partial charge in [0.15, 0.2) is 0 Å². The number of unbranched alkanes of at least 4 members (excludes halogenated alkanes) is 2. The number of aliphatic carboxylic acids is 2. The number of nitrogens with zero attached hydrogens (tertiary/aromatic N) is 1. The molecule has 0 bridgehead atoms. The van der Waals surface area contributed by atoms with Gasteiger partial charge in [-0.1, -0.05) is 32.6 Å². The van der Waals surface area contributed by atoms with Crippen molar-refractivity contribution in [3.63, 3.8) is 0 Å². The average Bonchev–Trinajstić information content (AvgIpc) is 2.84. The Balaban J connectivity index is 5.07. The van der Waals surface area contributed by atoms with E-state index in [0.29, 0.717) is 17.6 Å². The van der Waals surface area contributed by atoms with Crippen molar-refractivity contribution in [2.45, 2.75) is 52.4 Å². The fourth-order valence-electron chi connectivity index (χ4n) is 3.15. The zero-order valence-electron chi connectivity index (χ0n) is 20.9. The summed E-state index contributed by atoms with van der Waals surface area (Å²) in [6.07, 6.45) is 8.37. The second kappa shape index (κ2) is 20.1. The molecule has 2 N–H and O–H groups in total. The number of quaternary nitrogens is 1. The largest absolute Gasteiger partial charge is 0.481 e. The number of esters is 1. The Morgan fingerprint density at radius 2 is 1.33 bits per heavy atom. The van der Waals surface area contributed by atoms with Crippen LogP contribution in [0.4, 0.5) is 0 Å². The van der Waals surface area contributed by atoms with Crippen LogP contribution in [0.5, 0.6) is 0 Å². The van der Waals surface area contributed by atoms with E-state index in [2.05, 4.69) is 79.0 Å². The summed E-state index contributed by atoms with van der Waals surface area (Å²) in [7, 11) is 0. The van der Waals surface area contributed by atoms with E-state index >= 15 is 0 Å². The van der Waals surface area contributed by atoms with E-state index in [1.54, 1.807) is 0 Å². The van der Waals surface area contributed by atoms with Gasteiger partial charge in [0.2, 0.25) is 0 Å². The number of terminal acetylenes is 1. The molecule has 0 heterocycles. The van der Waals surface area contributed by atoms with E-state index in [9.17, 15) is 19.5 Å². The normalized spacial score (nSPS) is 9.92. The maximum atomic E-state index is 12.3. The Hall–Kier alpha value is -4.27. The van der Waals surface area contributed by atoms with Gasteiger partial charge in [-0.05, 0) is 72.0 Å². The van der Waals surface area contributed by atoms with E-state index in [1.165, 1.54) is 0 Å². The van der Waals surface area contributed by atoms with Crippen LogP contribution < -0.4 is 0 Å². The highest BCUT2D eigenvalue weighted by Crippen LogP contribution is 2.14. The Bertz CT molecular complexity index is 1100. The minimum Gasteiger partial charge on any atom is -0.481 e. The monoisotopic (exact) mass is 490 g/mol. The standard InChI is InChI=1S/C29H31NO6/c1-4-7-10-11-12-13-14-15-16-17-18-26(29(34)35)25-28(33)36-24-23-30(20-8-5-2,21-9-6-3)22-19-27(31)32/h1,26H,5-6,8-9,19-25H2,2-3H3,(H-,31,32,34,35)/p+1. The van der Waals surface area contributed by atoms with Crippen molar-refractivity contribution in [1.29, 1.82) is 0 Å². The predicted octanol–water partition coefficient (Wildman–Crippen LogP) is 2.16. The Kier molecular flexibility index (Phi) is 17.7. The molecule has 1 unspecified atom stereocenters. The minimum absolute atomic E-state index is 0.0376. The fraction of sp³-hybridized carbons (Fsp3) is 0.483. The SMILES string of the molecule is C#CC#CC#CC#CC#CC#CC(CC(=O)OCC[N+](CCCC)(CCCC)CCC(=O)O)C(=O)O. The first-order valence-electron chi connectivity index (χ1n) is 11.7. The quantitative estimate of drug-likeness (QED) is 0.207. The molecule has 0 saturated heterocycles. The topological polar surface area (TPSA) is 101 Å². The number of carboxylic acid groups (broad SMARTS) is 2. The van der Waals surface area contributed by atoms with Crippen LogP contribution in [0.3, 0.4) is 0 Å². The van der Waals surface area contributed by atoms with Crippen molar-refractivity contribution in [2.75, 3.05) is 32.8 Å². The van der Waals surface area contributed by atoms with Gasteiger partial charge < -0.3 is 19.4 Å². The number of rotatable bonds is 15. The molecule has 0 aromatic heterocycles. The number of ether oxygens (including phenoxy) is 1. The van der Waals surface area contributed by atoms with E-state index in [-0.39, 0.29) is 13.0 Å². The van der Waals surface area contributed by atoms with Crippen molar-refractivity contribution < 1.29 is 33.8 Å². The van der Waals surface area contributed by atoms with Crippen molar-refractivity contribution in [2.24, 2.45) is 5.92 Å². The molecule has 0 amide bonds. The Morgan fingerprint density at radius 1 is 0.806 bits per heavy atom. The first kappa shape index (κ1) is 31.7. The number of carboxylic acids is 2. The van der Waals surface area contributed by atoms with E-state index < -0.39 is 30.2 Å². The molecule has 0 aliphatic carbocycles. The molecule has 7 nitrogen and oxygen atoms in total. The third kappa shape index (κ3) is 16.4. The molecular formula is C29H32NO6+. The zero-order valence-corrected chi connectivity index (χ0v) is 20.9. The Labute approximate surface area is 214 Å². The van der Waals surface area contributed by atoms with Gasteiger partial charge in [-0.25, -0.2) is 0 Å². The van der Waals surface area contributed by atoms with Crippen LogP contribution >= 0.6 is 0 Å². The summed E-state index contributed by atoms with van der Waals surface area (Å²) in [6.45, 7) is 6.76. The lowest BCUT2D eigenvalue weighted by molar-refractivity contribution is -0.928. The number of carbonyl (C=O) groups excluding carboxylic acids is 1. The van der Waals surface area contributed by atoms with Gasteiger partial charge in [0.25, 0.3) is 0 Å². The van der Waals surface area contributed by atoms with Gasteiger partial charge in [-0.3, -0.25) is 14.4 Å². The summed E-state index contributed by atoms with van der Waals surface area (Å²) in [5, 5.41) is 18.5. The molecule has 0 radical (unpaired) electrons. The summed E-state index contributed by atoms with van der Waals surface area (Å²) in [6, 6.07) is 0. The molecule has 0 saturated carbocycles. The molecule has 0 aliphatic rings. The molecule has 0 spiro atoms. The second-order valence-corrected chi connectivity index (χ2v) is 7.82. The van der Waals surface area contributed by atoms with E-state index in [1.807, 2.05) is 0 Å². The lowest BCUT2D eigenvalue weighted by atomic mass is 10.1. The van der Waals surface area contributed by atoms with Gasteiger partial charge in [-0.15, -0.1) is 6.42 Å². The molecule has 36 heavy (non-hydrogen) atoms. The second-order valence-electron chi connectivity index (χ2n) is 7.82. The van der Waals surface area contributed by atoms with Crippen LogP contribution in [-0.2, 0) is 19.1 Å². The summed E-state index contributed by atoms with van der Waals surface area (Å²) < 4.78 is 5.87. The number of hydrogen-bond donors (Lipinski definition) is 2. The van der Waals surface area contributed by atoms with Crippen LogP contribution in [0.1, 0.15) is 52.4 Å². The molecule has 7 heteroatoms. The van der Waals surface area contributed by atoms with Crippen molar-refractivity contribution in [1.82, 2.24) is 0 Å². The van der Waals surface area contributed by atoms with Gasteiger partial charge in [-0.2, -0.15) is 0 Å². The zero-order chi connectivity index (χ0) is 27.1. The summed E-state index contributed by atoms with van der Waals surface area (Å²) in [5.74, 6) is 21.9. The maximum absolute atomic E-state index is 12.3. The van der Waals surface area contributed by atoms with E-state index in [4.69, 9.17) is 16.3 Å². The smallest absolute Gasteiger partial charge is 0.319 e. The molecular weight excluding hydrogens is 458 g/mol. The van der Waals surface area contributed by atoms with Gasteiger partial charge in [0.1, 0.15) is 19.1 Å². The first-order chi connectivity index (χ1) is 17.3. The van der Waals surface area contributed by atoms with Crippen LogP contribution in [0.2, 0.25) is 0 Å². The highest BCUT2D eigenvalue weighted by Gasteiger charge is 2.28. The van der Waals surface area contributed by atoms with Crippen LogP contribution in [-0.4, -0.2) is 65.4 Å². The predicted molar refractivity (Wildman–Crippen MR) is 136 cm³/mol. The third-order valence-corrected chi connectivity index (χ3v) is 5.09. The van der Waals surface area contributed by atoms with E-state index in [0.717, 1.165) is 38.8 Å². The van der Waals surface area contributed by atoms with Crippen LogP contribution in [0.25, 0.3) is 0 Å². The molecule has 0 aliphatic heterocycles. The molecule has 0 aromatic rings. The average molecular weight is 491 g/mol. The lowest BCUT2D eigenvalue weighted by Gasteiger charge is -2.38. The highest BCUT2D eigenvalue weighted by atomic mass is 16.5. The van der Waals surface area contributed by atoms with Crippen molar-refractivity contribution in [3.8, 4) is 71.5 Å². The molecule has 0 rings (SSSR count). The molecule has 0 fully saturated rings. The Morgan fingerprint density at radius 3 is 1.81 bits per heavy atom. The van der Waals surface area contributed by atoms with Gasteiger partial charge >= 0.3 is 17.9 Å².